The van der Waals surface area contributed by atoms with Crippen LogP contribution in [0.4, 0.5) is 0 Å². The van der Waals surface area contributed by atoms with Crippen LogP contribution >= 0.6 is 0 Å². The van der Waals surface area contributed by atoms with Crippen LogP contribution in [0.3, 0.4) is 0 Å². The zero-order valence-electron chi connectivity index (χ0n) is 13.5. The van der Waals surface area contributed by atoms with Crippen LogP contribution in [0.1, 0.15) is 46.9 Å². The van der Waals surface area contributed by atoms with E-state index >= 15 is 0 Å². The van der Waals surface area contributed by atoms with Crippen LogP contribution < -0.4 is 9.47 Å². The minimum atomic E-state index is -1.04. The zero-order valence-corrected chi connectivity index (χ0v) is 13.5. The van der Waals surface area contributed by atoms with Gasteiger partial charge in [0.15, 0.2) is 0 Å². The van der Waals surface area contributed by atoms with E-state index in [9.17, 15) is 9.59 Å². The number of esters is 1. The lowest BCUT2D eigenvalue weighted by atomic mass is 10.1. The van der Waals surface area contributed by atoms with Gasteiger partial charge in [-0.3, -0.25) is 0 Å². The van der Waals surface area contributed by atoms with Crippen molar-refractivity contribution in [3.8, 4) is 11.5 Å². The molecule has 0 radical (unpaired) electrons. The summed E-state index contributed by atoms with van der Waals surface area (Å²) in [5.74, 6) is -0.437. The van der Waals surface area contributed by atoms with Gasteiger partial charge in [-0.25, -0.2) is 9.59 Å². The monoisotopic (exact) mass is 328 g/mol. The van der Waals surface area contributed by atoms with Crippen LogP contribution in [0.5, 0.6) is 11.5 Å². The molecule has 0 fully saturated rings. The Morgan fingerprint density at radius 3 is 2.04 bits per heavy atom. The summed E-state index contributed by atoms with van der Waals surface area (Å²) in [5, 5.41) is 8.84. The van der Waals surface area contributed by atoms with Crippen molar-refractivity contribution < 1.29 is 24.2 Å². The van der Waals surface area contributed by atoms with Crippen molar-refractivity contribution in [1.82, 2.24) is 0 Å². The molecule has 0 heterocycles. The van der Waals surface area contributed by atoms with Crippen molar-refractivity contribution in [3.05, 3.63) is 59.7 Å². The number of carbonyl (C=O) groups excluding carboxylic acids is 1. The Morgan fingerprint density at radius 2 is 1.46 bits per heavy atom. The predicted molar refractivity (Wildman–Crippen MR) is 89.8 cm³/mol. The number of unbranched alkanes of at least 4 members (excludes halogenated alkanes) is 2. The highest BCUT2D eigenvalue weighted by molar-refractivity contribution is 5.93. The summed E-state index contributed by atoms with van der Waals surface area (Å²) in [7, 11) is 0. The first-order valence-electron chi connectivity index (χ1n) is 7.88. The standard InChI is InChI=1S/C19H20O5/c1-2-3-4-13-23-16-9-11-17(12-10-16)24-19(22)15-7-5-14(6-8-15)18(20)21/h5-12H,2-4,13H2,1H3,(H,20,21). The summed E-state index contributed by atoms with van der Waals surface area (Å²) in [4.78, 5) is 22.8. The third-order valence-corrected chi connectivity index (χ3v) is 3.42. The molecule has 0 amide bonds. The van der Waals surface area contributed by atoms with E-state index < -0.39 is 11.9 Å². The maximum atomic E-state index is 12.0. The van der Waals surface area contributed by atoms with E-state index in [0.29, 0.717) is 17.9 Å². The lowest BCUT2D eigenvalue weighted by Crippen LogP contribution is -2.09. The van der Waals surface area contributed by atoms with E-state index in [2.05, 4.69) is 6.92 Å². The summed E-state index contributed by atoms with van der Waals surface area (Å²) in [6.45, 7) is 2.81. The number of benzene rings is 2. The minimum Gasteiger partial charge on any atom is -0.494 e. The number of carbonyl (C=O) groups is 2. The summed E-state index contributed by atoms with van der Waals surface area (Å²) in [5.41, 5.74) is 0.413. The normalized spacial score (nSPS) is 10.2. The van der Waals surface area contributed by atoms with Gasteiger partial charge >= 0.3 is 11.9 Å². The molecule has 5 nitrogen and oxygen atoms in total. The average Bonchev–Trinajstić information content (AvgIpc) is 2.60. The number of ether oxygens (including phenoxy) is 2. The molecule has 0 aliphatic carbocycles. The fourth-order valence-electron chi connectivity index (χ4n) is 2.06. The van der Waals surface area contributed by atoms with Gasteiger partial charge in [0.2, 0.25) is 0 Å². The number of hydrogen-bond acceptors (Lipinski definition) is 4. The summed E-state index contributed by atoms with van der Waals surface area (Å²) in [6.07, 6.45) is 3.29. The fourth-order valence-corrected chi connectivity index (χ4v) is 2.06. The van der Waals surface area contributed by atoms with Crippen molar-refractivity contribution in [1.29, 1.82) is 0 Å². The van der Waals surface area contributed by atoms with Crippen LogP contribution in [0, 0.1) is 0 Å². The van der Waals surface area contributed by atoms with Crippen molar-refractivity contribution in [2.75, 3.05) is 6.61 Å². The van der Waals surface area contributed by atoms with E-state index in [1.165, 1.54) is 24.3 Å². The number of carboxylic acids is 1. The van der Waals surface area contributed by atoms with E-state index in [1.807, 2.05) is 0 Å². The summed E-state index contributed by atoms with van der Waals surface area (Å²) >= 11 is 0. The quantitative estimate of drug-likeness (QED) is 0.447. The first kappa shape index (κ1) is 17.5. The second-order valence-corrected chi connectivity index (χ2v) is 5.30. The second-order valence-electron chi connectivity index (χ2n) is 5.30. The van der Waals surface area contributed by atoms with Crippen LogP contribution in [-0.2, 0) is 0 Å². The molecule has 0 spiro atoms. The Hall–Kier alpha value is -2.82. The highest BCUT2D eigenvalue weighted by atomic mass is 16.5. The largest absolute Gasteiger partial charge is 0.494 e. The zero-order chi connectivity index (χ0) is 17.4. The minimum absolute atomic E-state index is 0.121. The average molecular weight is 328 g/mol. The molecule has 0 saturated heterocycles. The van der Waals surface area contributed by atoms with Gasteiger partial charge in [-0.05, 0) is 55.0 Å². The van der Waals surface area contributed by atoms with Gasteiger partial charge in [0, 0.05) is 0 Å². The molecule has 0 aromatic heterocycles. The molecule has 0 saturated carbocycles. The maximum absolute atomic E-state index is 12.0. The molecule has 126 valence electrons. The van der Waals surface area contributed by atoms with Crippen LogP contribution in [-0.4, -0.2) is 23.7 Å². The highest BCUT2D eigenvalue weighted by Gasteiger charge is 2.10. The van der Waals surface area contributed by atoms with Gasteiger partial charge < -0.3 is 14.6 Å². The van der Waals surface area contributed by atoms with E-state index in [1.54, 1.807) is 24.3 Å². The Labute approximate surface area is 140 Å². The van der Waals surface area contributed by atoms with Crippen LogP contribution in [0.25, 0.3) is 0 Å². The summed E-state index contributed by atoms with van der Waals surface area (Å²) in [6, 6.07) is 12.4. The molecular weight excluding hydrogens is 308 g/mol. The predicted octanol–water partition coefficient (Wildman–Crippen LogP) is 4.17. The first-order valence-corrected chi connectivity index (χ1v) is 7.88. The van der Waals surface area contributed by atoms with Gasteiger partial charge in [-0.1, -0.05) is 19.8 Å². The molecule has 0 bridgehead atoms. The second kappa shape index (κ2) is 8.72. The smallest absolute Gasteiger partial charge is 0.343 e. The van der Waals surface area contributed by atoms with Gasteiger partial charge in [0.1, 0.15) is 11.5 Å². The fraction of sp³-hybridized carbons (Fsp3) is 0.263. The van der Waals surface area contributed by atoms with Crippen molar-refractivity contribution >= 4 is 11.9 Å². The molecule has 2 rings (SSSR count). The van der Waals surface area contributed by atoms with Gasteiger partial charge in [-0.15, -0.1) is 0 Å². The molecule has 2 aromatic rings. The van der Waals surface area contributed by atoms with E-state index in [0.717, 1.165) is 25.0 Å². The highest BCUT2D eigenvalue weighted by Crippen LogP contribution is 2.19. The molecular formula is C19H20O5. The van der Waals surface area contributed by atoms with E-state index in [4.69, 9.17) is 14.6 Å². The lowest BCUT2D eigenvalue weighted by molar-refractivity contribution is 0.0691. The number of carboxylic acid groups (broad SMARTS) is 1. The van der Waals surface area contributed by atoms with E-state index in [-0.39, 0.29) is 5.56 Å². The first-order chi connectivity index (χ1) is 11.6. The SMILES string of the molecule is CCCCCOc1ccc(OC(=O)c2ccc(C(=O)O)cc2)cc1. The Balaban J connectivity index is 1.90. The Kier molecular flexibility index (Phi) is 6.37. The Bertz CT molecular complexity index is 674. The topological polar surface area (TPSA) is 72.8 Å². The third kappa shape index (κ3) is 5.12. The number of hydrogen-bond donors (Lipinski definition) is 1. The van der Waals surface area contributed by atoms with Gasteiger partial charge in [0.05, 0.1) is 17.7 Å². The number of aromatic carboxylic acids is 1. The van der Waals surface area contributed by atoms with Gasteiger partial charge in [-0.2, -0.15) is 0 Å². The lowest BCUT2D eigenvalue weighted by Gasteiger charge is -2.08. The van der Waals surface area contributed by atoms with Crippen LogP contribution in [0.2, 0.25) is 0 Å². The molecule has 1 N–H and O–H groups in total. The Morgan fingerprint density at radius 1 is 0.875 bits per heavy atom. The summed E-state index contributed by atoms with van der Waals surface area (Å²) < 4.78 is 10.8. The molecule has 0 aliphatic rings. The molecule has 0 aliphatic heterocycles. The molecule has 24 heavy (non-hydrogen) atoms. The third-order valence-electron chi connectivity index (χ3n) is 3.42. The van der Waals surface area contributed by atoms with Crippen molar-refractivity contribution in [3.63, 3.8) is 0 Å². The molecule has 2 aromatic carbocycles. The maximum Gasteiger partial charge on any atom is 0.343 e. The molecule has 5 heteroatoms. The van der Waals surface area contributed by atoms with Crippen LogP contribution in [0.15, 0.2) is 48.5 Å². The molecule has 0 unspecified atom stereocenters. The molecule has 0 atom stereocenters. The van der Waals surface area contributed by atoms with Gasteiger partial charge in [0.25, 0.3) is 0 Å². The number of rotatable bonds is 8. The van der Waals surface area contributed by atoms with Crippen molar-refractivity contribution in [2.45, 2.75) is 26.2 Å². The van der Waals surface area contributed by atoms with Crippen molar-refractivity contribution in [2.24, 2.45) is 0 Å².